The van der Waals surface area contributed by atoms with Gasteiger partial charge in [0, 0.05) is 11.6 Å². The molecule has 0 aliphatic rings. The van der Waals surface area contributed by atoms with E-state index in [1.807, 2.05) is 0 Å². The number of aromatic nitrogens is 1. The maximum atomic E-state index is 12.4. The van der Waals surface area contributed by atoms with Gasteiger partial charge in [0.2, 0.25) is 0 Å². The van der Waals surface area contributed by atoms with Crippen LogP contribution in [0.15, 0.2) is 53.6 Å². The Morgan fingerprint density at radius 1 is 0.913 bits per heavy atom. The minimum Gasteiger partial charge on any atom is -0.377 e. The molecular weight excluding hydrogens is 381 g/mol. The van der Waals surface area contributed by atoms with Crippen molar-refractivity contribution >= 4 is 55.8 Å². The number of hydrogen-bond donors (Lipinski definition) is 0. The monoisotopic (exact) mass is 387 g/mol. The van der Waals surface area contributed by atoms with Gasteiger partial charge in [-0.2, -0.15) is 8.42 Å². The average molecular weight is 389 g/mol. The van der Waals surface area contributed by atoms with Gasteiger partial charge in [-0.15, -0.1) is 0 Å². The summed E-state index contributed by atoms with van der Waals surface area (Å²) in [6, 6.07) is 10.4. The van der Waals surface area contributed by atoms with Crippen molar-refractivity contribution in [3.8, 4) is 5.75 Å². The van der Waals surface area contributed by atoms with Gasteiger partial charge in [0.05, 0.1) is 15.1 Å². The molecule has 0 aliphatic heterocycles. The minimum absolute atomic E-state index is 0.0797. The molecule has 23 heavy (non-hydrogen) atoms. The number of rotatable bonds is 3. The summed E-state index contributed by atoms with van der Waals surface area (Å²) in [5.41, 5.74) is 0.351. The van der Waals surface area contributed by atoms with Crippen LogP contribution in [0.2, 0.25) is 15.1 Å². The zero-order valence-electron chi connectivity index (χ0n) is 11.3. The van der Waals surface area contributed by atoms with Crippen molar-refractivity contribution in [1.29, 1.82) is 0 Å². The van der Waals surface area contributed by atoms with Gasteiger partial charge >= 0.3 is 10.1 Å². The van der Waals surface area contributed by atoms with Crippen molar-refractivity contribution in [3.63, 3.8) is 0 Å². The van der Waals surface area contributed by atoms with Gasteiger partial charge in [-0.05, 0) is 42.5 Å². The van der Waals surface area contributed by atoms with Crippen molar-refractivity contribution in [2.45, 2.75) is 4.90 Å². The highest BCUT2D eigenvalue weighted by Crippen LogP contribution is 2.32. The summed E-state index contributed by atoms with van der Waals surface area (Å²) in [5.74, 6) is 0.0797. The summed E-state index contributed by atoms with van der Waals surface area (Å²) in [5, 5.41) is 1.42. The van der Waals surface area contributed by atoms with Gasteiger partial charge in [0.15, 0.2) is 5.75 Å². The van der Waals surface area contributed by atoms with Crippen molar-refractivity contribution in [2.24, 2.45) is 0 Å². The summed E-state index contributed by atoms with van der Waals surface area (Å²) >= 11 is 17.7. The smallest absolute Gasteiger partial charge is 0.339 e. The second-order valence-corrected chi connectivity index (χ2v) is 7.33. The Kier molecular flexibility index (Phi) is 4.38. The van der Waals surface area contributed by atoms with Crippen LogP contribution in [0.4, 0.5) is 0 Å². The third-order valence-electron chi connectivity index (χ3n) is 3.06. The molecule has 0 unspecified atom stereocenters. The van der Waals surface area contributed by atoms with Crippen molar-refractivity contribution in [2.75, 3.05) is 0 Å². The first kappa shape index (κ1) is 16.3. The van der Waals surface area contributed by atoms with Gasteiger partial charge in [-0.25, -0.2) is 0 Å². The molecule has 1 aromatic heterocycles. The Bertz CT molecular complexity index is 1010. The summed E-state index contributed by atoms with van der Waals surface area (Å²) in [4.78, 5) is 4.02. The molecule has 0 fully saturated rings. The first-order valence-corrected chi connectivity index (χ1v) is 8.85. The van der Waals surface area contributed by atoms with E-state index < -0.39 is 10.1 Å². The van der Waals surface area contributed by atoms with E-state index >= 15 is 0 Å². The maximum absolute atomic E-state index is 12.4. The van der Waals surface area contributed by atoms with Crippen LogP contribution < -0.4 is 4.18 Å². The molecule has 1 heterocycles. The highest BCUT2D eigenvalue weighted by molar-refractivity contribution is 7.87. The Labute approximate surface area is 147 Å². The summed E-state index contributed by atoms with van der Waals surface area (Å²) in [7, 11) is -4.08. The molecule has 0 bridgehead atoms. The van der Waals surface area contributed by atoms with E-state index in [1.165, 1.54) is 30.5 Å². The lowest BCUT2D eigenvalue weighted by molar-refractivity contribution is 0.488. The molecular formula is C15H8Cl3NO3S. The van der Waals surface area contributed by atoms with Crippen LogP contribution in [-0.4, -0.2) is 13.4 Å². The Morgan fingerprint density at radius 2 is 1.65 bits per heavy atom. The number of pyridine rings is 1. The second-order valence-electron chi connectivity index (χ2n) is 4.56. The number of fused-ring (bicyclic) bond motifs is 1. The maximum Gasteiger partial charge on any atom is 0.339 e. The van der Waals surface area contributed by atoms with Crippen molar-refractivity contribution in [3.05, 3.63) is 63.7 Å². The molecule has 0 saturated carbocycles. The molecule has 0 N–H and O–H groups in total. The fourth-order valence-corrected chi connectivity index (χ4v) is 3.52. The molecule has 0 saturated heterocycles. The Balaban J connectivity index is 2.07. The topological polar surface area (TPSA) is 56.3 Å². The summed E-state index contributed by atoms with van der Waals surface area (Å²) in [6.45, 7) is 0. The van der Waals surface area contributed by atoms with Crippen LogP contribution in [0.25, 0.3) is 10.9 Å². The predicted octanol–water partition coefficient (Wildman–Crippen LogP) is 4.96. The first-order chi connectivity index (χ1) is 10.9. The van der Waals surface area contributed by atoms with Gasteiger partial charge in [0.25, 0.3) is 0 Å². The standard InChI is InChI=1S/C15H8Cl3NO3S/c16-11-5-6-14(15-10(11)2-1-7-19-15)22-23(20,21)9-3-4-12(17)13(18)8-9/h1-8H. The normalized spacial score (nSPS) is 11.6. The van der Waals surface area contributed by atoms with Crippen molar-refractivity contribution < 1.29 is 12.6 Å². The molecule has 2 aromatic carbocycles. The minimum atomic E-state index is -4.08. The summed E-state index contributed by atoms with van der Waals surface area (Å²) < 4.78 is 30.0. The van der Waals surface area contributed by atoms with Crippen LogP contribution in [0, 0.1) is 0 Å². The van der Waals surface area contributed by atoms with Gasteiger partial charge in [-0.3, -0.25) is 4.98 Å². The van der Waals surface area contributed by atoms with E-state index in [9.17, 15) is 8.42 Å². The van der Waals surface area contributed by atoms with Gasteiger partial charge in [-0.1, -0.05) is 34.8 Å². The lowest BCUT2D eigenvalue weighted by Gasteiger charge is -2.10. The molecule has 0 radical (unpaired) electrons. The average Bonchev–Trinajstić information content (AvgIpc) is 2.53. The van der Waals surface area contributed by atoms with Crippen molar-refractivity contribution in [1.82, 2.24) is 4.98 Å². The van der Waals surface area contributed by atoms with Crippen LogP contribution in [0.3, 0.4) is 0 Å². The third kappa shape index (κ3) is 3.23. The van der Waals surface area contributed by atoms with Gasteiger partial charge in [0.1, 0.15) is 10.4 Å². The SMILES string of the molecule is O=S(=O)(Oc1ccc(Cl)c2cccnc12)c1ccc(Cl)c(Cl)c1. The second kappa shape index (κ2) is 6.17. The predicted molar refractivity (Wildman–Crippen MR) is 91.0 cm³/mol. The Hall–Kier alpha value is -1.53. The molecule has 3 aromatic rings. The Morgan fingerprint density at radius 3 is 2.39 bits per heavy atom. The third-order valence-corrected chi connectivity index (χ3v) is 5.36. The molecule has 118 valence electrons. The van der Waals surface area contributed by atoms with Gasteiger partial charge < -0.3 is 4.18 Å². The molecule has 3 rings (SSSR count). The largest absolute Gasteiger partial charge is 0.377 e. The first-order valence-electron chi connectivity index (χ1n) is 6.31. The van der Waals surface area contributed by atoms with E-state index in [4.69, 9.17) is 39.0 Å². The van der Waals surface area contributed by atoms with E-state index in [0.29, 0.717) is 15.9 Å². The molecule has 0 amide bonds. The summed E-state index contributed by atoms with van der Waals surface area (Å²) in [6.07, 6.45) is 1.53. The highest BCUT2D eigenvalue weighted by Gasteiger charge is 2.20. The quantitative estimate of drug-likeness (QED) is 0.595. The molecule has 0 spiro atoms. The number of hydrogen-bond acceptors (Lipinski definition) is 4. The highest BCUT2D eigenvalue weighted by atomic mass is 35.5. The van der Waals surface area contributed by atoms with E-state index in [0.717, 1.165) is 0 Å². The molecule has 8 heteroatoms. The zero-order valence-corrected chi connectivity index (χ0v) is 14.4. The molecule has 0 aliphatic carbocycles. The fourth-order valence-electron chi connectivity index (χ4n) is 1.98. The molecule has 4 nitrogen and oxygen atoms in total. The lowest BCUT2D eigenvalue weighted by atomic mass is 10.2. The zero-order chi connectivity index (χ0) is 16.6. The number of benzene rings is 2. The van der Waals surface area contributed by atoms with E-state index in [-0.39, 0.29) is 20.7 Å². The number of nitrogens with zero attached hydrogens (tertiary/aromatic N) is 1. The van der Waals surface area contributed by atoms with E-state index in [1.54, 1.807) is 18.2 Å². The van der Waals surface area contributed by atoms with Crippen LogP contribution in [-0.2, 0) is 10.1 Å². The lowest BCUT2D eigenvalue weighted by Crippen LogP contribution is -2.10. The van der Waals surface area contributed by atoms with Crippen LogP contribution in [0.5, 0.6) is 5.75 Å². The molecule has 0 atom stereocenters. The van der Waals surface area contributed by atoms with Crippen LogP contribution >= 0.6 is 34.8 Å². The fraction of sp³-hybridized carbons (Fsp3) is 0. The number of halogens is 3. The van der Waals surface area contributed by atoms with E-state index in [2.05, 4.69) is 4.98 Å². The van der Waals surface area contributed by atoms with Crippen LogP contribution in [0.1, 0.15) is 0 Å².